The molecule has 2 N–H and O–H groups in total. The second kappa shape index (κ2) is 5.69. The van der Waals surface area contributed by atoms with Gasteiger partial charge in [0.15, 0.2) is 17.3 Å². The van der Waals surface area contributed by atoms with E-state index in [2.05, 4.69) is 5.32 Å². The van der Waals surface area contributed by atoms with Crippen LogP contribution < -0.4 is 10.1 Å². The number of carbonyl (C=O) groups is 1. The number of furan rings is 1. The number of amides is 1. The Hall–Kier alpha value is -2.43. The normalized spacial score (nSPS) is 10.6. The van der Waals surface area contributed by atoms with Crippen molar-refractivity contribution in [2.75, 3.05) is 7.11 Å². The molecule has 0 aliphatic heterocycles. The Balaban J connectivity index is 2.26. The lowest BCUT2D eigenvalue weighted by Crippen LogP contribution is -2.29. The summed E-state index contributed by atoms with van der Waals surface area (Å²) in [5.41, 5.74) is 0.725. The lowest BCUT2D eigenvalue weighted by Gasteiger charge is -2.06. The number of rotatable bonds is 4. The average Bonchev–Trinajstić information content (AvgIpc) is 2.88. The van der Waals surface area contributed by atoms with Crippen molar-refractivity contribution in [2.24, 2.45) is 0 Å². The molecule has 5 heteroatoms. The summed E-state index contributed by atoms with van der Waals surface area (Å²) >= 11 is 0. The third-order valence-electron chi connectivity index (χ3n) is 2.71. The number of methoxy groups -OCH3 is 1. The van der Waals surface area contributed by atoms with Gasteiger partial charge in [-0.05, 0) is 44.2 Å². The third-order valence-corrected chi connectivity index (χ3v) is 2.71. The number of phenolic OH excluding ortho intramolecular Hbond substituents is 1. The van der Waals surface area contributed by atoms with Gasteiger partial charge in [0, 0.05) is 11.6 Å². The van der Waals surface area contributed by atoms with Crippen LogP contribution in [-0.2, 0) is 0 Å². The number of carbonyl (C=O) groups excluding carboxylic acids is 1. The van der Waals surface area contributed by atoms with Crippen molar-refractivity contribution in [3.05, 3.63) is 36.1 Å². The fraction of sp³-hybridized carbons (Fsp3) is 0.267. The Morgan fingerprint density at radius 2 is 2.05 bits per heavy atom. The highest BCUT2D eigenvalue weighted by molar-refractivity contribution is 5.92. The highest BCUT2D eigenvalue weighted by Crippen LogP contribution is 2.32. The van der Waals surface area contributed by atoms with Crippen LogP contribution >= 0.6 is 0 Å². The van der Waals surface area contributed by atoms with Gasteiger partial charge in [-0.15, -0.1) is 0 Å². The van der Waals surface area contributed by atoms with Gasteiger partial charge in [0.05, 0.1) is 7.11 Å². The molecule has 0 fully saturated rings. The van der Waals surface area contributed by atoms with E-state index in [9.17, 15) is 9.90 Å². The van der Waals surface area contributed by atoms with Crippen LogP contribution in [0.4, 0.5) is 0 Å². The Morgan fingerprint density at radius 3 is 2.70 bits per heavy atom. The molecule has 5 nitrogen and oxygen atoms in total. The summed E-state index contributed by atoms with van der Waals surface area (Å²) < 4.78 is 10.6. The molecule has 1 amide bonds. The van der Waals surface area contributed by atoms with Crippen molar-refractivity contribution in [3.8, 4) is 22.8 Å². The molecule has 0 unspecified atom stereocenters. The predicted molar refractivity (Wildman–Crippen MR) is 75.0 cm³/mol. The van der Waals surface area contributed by atoms with E-state index in [-0.39, 0.29) is 23.5 Å². The minimum atomic E-state index is -0.253. The van der Waals surface area contributed by atoms with Crippen LogP contribution in [0.2, 0.25) is 0 Å². The minimum absolute atomic E-state index is 0.0461. The van der Waals surface area contributed by atoms with Crippen molar-refractivity contribution < 1.29 is 19.1 Å². The topological polar surface area (TPSA) is 71.7 Å². The number of hydrogen-bond donors (Lipinski definition) is 2. The van der Waals surface area contributed by atoms with Gasteiger partial charge in [0.2, 0.25) is 0 Å². The molecule has 0 spiro atoms. The van der Waals surface area contributed by atoms with Gasteiger partial charge < -0.3 is 19.6 Å². The van der Waals surface area contributed by atoms with Crippen molar-refractivity contribution >= 4 is 5.91 Å². The van der Waals surface area contributed by atoms with Gasteiger partial charge in [-0.1, -0.05) is 0 Å². The molecule has 2 rings (SSSR count). The lowest BCUT2D eigenvalue weighted by atomic mass is 10.1. The number of benzene rings is 1. The van der Waals surface area contributed by atoms with Crippen molar-refractivity contribution in [1.29, 1.82) is 0 Å². The maximum absolute atomic E-state index is 11.8. The van der Waals surface area contributed by atoms with Crippen LogP contribution in [-0.4, -0.2) is 24.2 Å². The second-order valence-corrected chi connectivity index (χ2v) is 4.68. The zero-order valence-electron chi connectivity index (χ0n) is 11.6. The smallest absolute Gasteiger partial charge is 0.287 e. The third kappa shape index (κ3) is 2.93. The molecule has 0 saturated carbocycles. The van der Waals surface area contributed by atoms with Crippen LogP contribution in [0.25, 0.3) is 11.3 Å². The molecule has 106 valence electrons. The molecule has 0 radical (unpaired) electrons. The number of hydrogen-bond acceptors (Lipinski definition) is 4. The highest BCUT2D eigenvalue weighted by Gasteiger charge is 2.14. The summed E-state index contributed by atoms with van der Waals surface area (Å²) in [6.07, 6.45) is 0. The first kappa shape index (κ1) is 14.0. The van der Waals surface area contributed by atoms with Crippen LogP contribution in [0.5, 0.6) is 11.5 Å². The lowest BCUT2D eigenvalue weighted by molar-refractivity contribution is 0.0916. The monoisotopic (exact) mass is 275 g/mol. The molecule has 0 aliphatic rings. The minimum Gasteiger partial charge on any atom is -0.504 e. The van der Waals surface area contributed by atoms with Gasteiger partial charge in [-0.25, -0.2) is 0 Å². The van der Waals surface area contributed by atoms with E-state index in [1.54, 1.807) is 24.3 Å². The Kier molecular flexibility index (Phi) is 3.98. The number of ether oxygens (including phenoxy) is 1. The van der Waals surface area contributed by atoms with E-state index >= 15 is 0 Å². The predicted octanol–water partition coefficient (Wildman–Crippen LogP) is 2.80. The summed E-state index contributed by atoms with van der Waals surface area (Å²) in [5.74, 6) is 0.947. The van der Waals surface area contributed by atoms with Crippen molar-refractivity contribution in [2.45, 2.75) is 19.9 Å². The molecule has 1 aromatic carbocycles. The first-order valence-corrected chi connectivity index (χ1v) is 6.29. The second-order valence-electron chi connectivity index (χ2n) is 4.68. The fourth-order valence-corrected chi connectivity index (χ4v) is 1.78. The molecular weight excluding hydrogens is 258 g/mol. The molecule has 0 atom stereocenters. The van der Waals surface area contributed by atoms with E-state index in [0.29, 0.717) is 11.5 Å². The number of phenols is 1. The summed E-state index contributed by atoms with van der Waals surface area (Å²) in [6, 6.07) is 8.24. The molecule has 1 aromatic heterocycles. The van der Waals surface area contributed by atoms with Crippen LogP contribution in [0, 0.1) is 0 Å². The molecule has 0 saturated heterocycles. The van der Waals surface area contributed by atoms with Crippen LogP contribution in [0.1, 0.15) is 24.4 Å². The molecule has 1 heterocycles. The molecule has 0 bridgehead atoms. The highest BCUT2D eigenvalue weighted by atomic mass is 16.5. The SMILES string of the molecule is COc1cc(-c2ccc(C(=O)NC(C)C)o2)ccc1O. The van der Waals surface area contributed by atoms with E-state index in [0.717, 1.165) is 5.56 Å². The molecule has 20 heavy (non-hydrogen) atoms. The summed E-state index contributed by atoms with van der Waals surface area (Å²) in [5, 5.41) is 12.3. The van der Waals surface area contributed by atoms with Gasteiger partial charge in [0.25, 0.3) is 5.91 Å². The quantitative estimate of drug-likeness (QED) is 0.900. The van der Waals surface area contributed by atoms with E-state index in [4.69, 9.17) is 9.15 Å². The largest absolute Gasteiger partial charge is 0.504 e. The van der Waals surface area contributed by atoms with E-state index in [1.165, 1.54) is 13.2 Å². The molecular formula is C15H17NO4. The van der Waals surface area contributed by atoms with Crippen molar-refractivity contribution in [3.63, 3.8) is 0 Å². The van der Waals surface area contributed by atoms with Gasteiger partial charge >= 0.3 is 0 Å². The number of aromatic hydroxyl groups is 1. The first-order valence-electron chi connectivity index (χ1n) is 6.29. The maximum atomic E-state index is 11.8. The Labute approximate surface area is 117 Å². The standard InChI is InChI=1S/C15H17NO4/c1-9(2)16-15(18)13-7-6-12(20-13)10-4-5-11(17)14(8-10)19-3/h4-9,17H,1-3H3,(H,16,18). The molecule has 2 aromatic rings. The zero-order chi connectivity index (χ0) is 14.7. The first-order chi connectivity index (χ1) is 9.51. The molecule has 0 aliphatic carbocycles. The summed E-state index contributed by atoms with van der Waals surface area (Å²) in [7, 11) is 1.47. The van der Waals surface area contributed by atoms with Gasteiger partial charge in [0.1, 0.15) is 5.76 Å². The number of nitrogens with one attached hydrogen (secondary N) is 1. The Morgan fingerprint density at radius 1 is 1.30 bits per heavy atom. The average molecular weight is 275 g/mol. The zero-order valence-corrected chi connectivity index (χ0v) is 11.6. The Bertz CT molecular complexity index is 616. The van der Waals surface area contributed by atoms with Crippen LogP contribution in [0.3, 0.4) is 0 Å². The van der Waals surface area contributed by atoms with Gasteiger partial charge in [-0.2, -0.15) is 0 Å². The fourth-order valence-electron chi connectivity index (χ4n) is 1.78. The van der Waals surface area contributed by atoms with Crippen LogP contribution in [0.15, 0.2) is 34.7 Å². The summed E-state index contributed by atoms with van der Waals surface area (Å²) in [4.78, 5) is 11.8. The maximum Gasteiger partial charge on any atom is 0.287 e. The van der Waals surface area contributed by atoms with E-state index < -0.39 is 0 Å². The van der Waals surface area contributed by atoms with E-state index in [1.807, 2.05) is 13.8 Å². The van der Waals surface area contributed by atoms with Gasteiger partial charge in [-0.3, -0.25) is 4.79 Å². The summed E-state index contributed by atoms with van der Waals surface area (Å²) in [6.45, 7) is 3.76. The van der Waals surface area contributed by atoms with Crippen molar-refractivity contribution in [1.82, 2.24) is 5.32 Å².